The highest BCUT2D eigenvalue weighted by Crippen LogP contribution is 2.22. The highest BCUT2D eigenvalue weighted by Gasteiger charge is 2.09. The molecule has 0 amide bonds. The number of hydrogen-bond acceptors (Lipinski definition) is 3. The maximum Gasteiger partial charge on any atom is 0.0931 e. The van der Waals surface area contributed by atoms with Crippen molar-refractivity contribution >= 4 is 22.9 Å². The van der Waals surface area contributed by atoms with Crippen LogP contribution in [-0.2, 0) is 6.54 Å². The summed E-state index contributed by atoms with van der Waals surface area (Å²) < 4.78 is 0.825. The Morgan fingerprint density at radius 3 is 2.80 bits per heavy atom. The monoisotopic (exact) mass is 242 g/mol. The smallest absolute Gasteiger partial charge is 0.0931 e. The van der Waals surface area contributed by atoms with Gasteiger partial charge in [-0.15, -0.1) is 11.3 Å². The highest BCUT2D eigenvalue weighted by molar-refractivity contribution is 7.16. The number of halogens is 1. The van der Waals surface area contributed by atoms with Gasteiger partial charge in [0.25, 0.3) is 0 Å². The lowest BCUT2D eigenvalue weighted by Crippen LogP contribution is -2.23. The van der Waals surface area contributed by atoms with Crippen LogP contribution in [0.15, 0.2) is 12.1 Å². The molecule has 0 aliphatic carbocycles. The van der Waals surface area contributed by atoms with Crippen LogP contribution in [0.3, 0.4) is 0 Å². The minimum absolute atomic E-state index is 0.130. The summed E-state index contributed by atoms with van der Waals surface area (Å²) >= 11 is 7.45. The van der Waals surface area contributed by atoms with Gasteiger partial charge in [0, 0.05) is 18.0 Å². The second kappa shape index (κ2) is 6.12. The van der Waals surface area contributed by atoms with Gasteiger partial charge in [0.1, 0.15) is 0 Å². The molecule has 0 bridgehead atoms. The van der Waals surface area contributed by atoms with E-state index in [0.29, 0.717) is 0 Å². The summed E-state index contributed by atoms with van der Waals surface area (Å²) in [5.41, 5.74) is 0. The van der Waals surface area contributed by atoms with Crippen molar-refractivity contribution in [2.45, 2.75) is 19.9 Å². The average molecular weight is 243 g/mol. The van der Waals surface area contributed by atoms with Gasteiger partial charge in [-0.25, -0.2) is 0 Å². The SMILES string of the molecule is CCC(C#N)CN(C)Cc1ccc(Cl)s1. The molecule has 2 nitrogen and oxygen atoms in total. The van der Waals surface area contributed by atoms with Crippen LogP contribution in [0.25, 0.3) is 0 Å². The van der Waals surface area contributed by atoms with Gasteiger partial charge in [-0.05, 0) is 25.6 Å². The van der Waals surface area contributed by atoms with Crippen molar-refractivity contribution in [3.63, 3.8) is 0 Å². The second-order valence-corrected chi connectivity index (χ2v) is 5.44. The van der Waals surface area contributed by atoms with Crippen molar-refractivity contribution in [1.29, 1.82) is 5.26 Å². The van der Waals surface area contributed by atoms with Crippen LogP contribution in [0.1, 0.15) is 18.2 Å². The van der Waals surface area contributed by atoms with Crippen LogP contribution in [-0.4, -0.2) is 18.5 Å². The van der Waals surface area contributed by atoms with E-state index in [4.69, 9.17) is 16.9 Å². The minimum atomic E-state index is 0.130. The molecule has 1 atom stereocenters. The van der Waals surface area contributed by atoms with Crippen LogP contribution in [0.2, 0.25) is 4.34 Å². The average Bonchev–Trinajstić information content (AvgIpc) is 2.60. The largest absolute Gasteiger partial charge is 0.300 e. The fourth-order valence-corrected chi connectivity index (χ4v) is 2.57. The van der Waals surface area contributed by atoms with E-state index in [2.05, 4.69) is 11.0 Å². The highest BCUT2D eigenvalue weighted by atomic mass is 35.5. The maximum atomic E-state index is 8.85. The lowest BCUT2D eigenvalue weighted by molar-refractivity contribution is 0.295. The summed E-state index contributed by atoms with van der Waals surface area (Å²) in [6.07, 6.45) is 0.909. The van der Waals surface area contributed by atoms with Gasteiger partial charge in [-0.1, -0.05) is 18.5 Å². The predicted molar refractivity (Wildman–Crippen MR) is 65.1 cm³/mol. The molecule has 0 aliphatic heterocycles. The van der Waals surface area contributed by atoms with Crippen LogP contribution >= 0.6 is 22.9 Å². The molecule has 82 valence electrons. The van der Waals surface area contributed by atoms with E-state index in [1.54, 1.807) is 11.3 Å². The van der Waals surface area contributed by atoms with Gasteiger partial charge in [0.05, 0.1) is 16.3 Å². The number of nitrogens with zero attached hydrogens (tertiary/aromatic N) is 2. The first-order chi connectivity index (χ1) is 7.15. The molecule has 0 saturated heterocycles. The molecule has 1 unspecified atom stereocenters. The molecule has 0 N–H and O–H groups in total. The van der Waals surface area contributed by atoms with Crippen LogP contribution in [0.4, 0.5) is 0 Å². The van der Waals surface area contributed by atoms with E-state index in [1.807, 2.05) is 26.1 Å². The Kier molecular flexibility index (Phi) is 5.10. The third-order valence-electron chi connectivity index (χ3n) is 2.26. The zero-order chi connectivity index (χ0) is 11.3. The Labute approximate surface area is 100 Å². The standard InChI is InChI=1S/C11H15ClN2S/c1-3-9(6-13)7-14(2)8-10-4-5-11(12)15-10/h4-5,9H,3,7-8H2,1-2H3. The van der Waals surface area contributed by atoms with Gasteiger partial charge in [0.15, 0.2) is 0 Å². The summed E-state index contributed by atoms with van der Waals surface area (Å²) in [5, 5.41) is 8.85. The first kappa shape index (κ1) is 12.5. The molecule has 1 aromatic rings. The van der Waals surface area contributed by atoms with E-state index < -0.39 is 0 Å². The Bertz CT molecular complexity index is 343. The van der Waals surface area contributed by atoms with E-state index in [1.165, 1.54) is 4.88 Å². The first-order valence-corrected chi connectivity index (χ1v) is 6.17. The Morgan fingerprint density at radius 2 is 2.33 bits per heavy atom. The van der Waals surface area contributed by atoms with Gasteiger partial charge in [0.2, 0.25) is 0 Å². The zero-order valence-corrected chi connectivity index (χ0v) is 10.6. The van der Waals surface area contributed by atoms with E-state index in [0.717, 1.165) is 23.8 Å². The van der Waals surface area contributed by atoms with Crippen molar-refractivity contribution < 1.29 is 0 Å². The topological polar surface area (TPSA) is 27.0 Å². The molecule has 0 saturated carbocycles. The van der Waals surface area contributed by atoms with Crippen molar-refractivity contribution in [2.24, 2.45) is 5.92 Å². The van der Waals surface area contributed by atoms with Crippen LogP contribution in [0, 0.1) is 17.2 Å². The lowest BCUT2D eigenvalue weighted by Gasteiger charge is -2.17. The van der Waals surface area contributed by atoms with Gasteiger partial charge >= 0.3 is 0 Å². The molecule has 0 aromatic carbocycles. The summed E-state index contributed by atoms with van der Waals surface area (Å²) in [4.78, 5) is 3.41. The van der Waals surface area contributed by atoms with Crippen molar-refractivity contribution in [3.8, 4) is 6.07 Å². The van der Waals surface area contributed by atoms with E-state index in [9.17, 15) is 0 Å². The van der Waals surface area contributed by atoms with Gasteiger partial charge in [-0.2, -0.15) is 5.26 Å². The van der Waals surface area contributed by atoms with E-state index in [-0.39, 0.29) is 5.92 Å². The third-order valence-corrected chi connectivity index (χ3v) is 3.48. The Balaban J connectivity index is 2.42. The number of thiophene rings is 1. The molecule has 15 heavy (non-hydrogen) atoms. The molecule has 1 rings (SSSR count). The number of rotatable bonds is 5. The molecule has 0 aliphatic rings. The molecule has 0 spiro atoms. The molecule has 0 radical (unpaired) electrons. The quantitative estimate of drug-likeness (QED) is 0.792. The summed E-state index contributed by atoms with van der Waals surface area (Å²) in [6.45, 7) is 3.74. The van der Waals surface area contributed by atoms with Crippen molar-refractivity contribution in [1.82, 2.24) is 4.90 Å². The number of nitriles is 1. The summed E-state index contributed by atoms with van der Waals surface area (Å²) in [6, 6.07) is 6.26. The maximum absolute atomic E-state index is 8.85. The van der Waals surface area contributed by atoms with Crippen LogP contribution in [0.5, 0.6) is 0 Å². The molecule has 4 heteroatoms. The molecule has 0 fully saturated rings. The van der Waals surface area contributed by atoms with E-state index >= 15 is 0 Å². The lowest BCUT2D eigenvalue weighted by atomic mass is 10.1. The van der Waals surface area contributed by atoms with Crippen molar-refractivity contribution in [2.75, 3.05) is 13.6 Å². The zero-order valence-electron chi connectivity index (χ0n) is 9.03. The van der Waals surface area contributed by atoms with Crippen molar-refractivity contribution in [3.05, 3.63) is 21.3 Å². The minimum Gasteiger partial charge on any atom is -0.300 e. The molecular formula is C11H15ClN2S. The molecule has 1 aromatic heterocycles. The Morgan fingerprint density at radius 1 is 1.60 bits per heavy atom. The summed E-state index contributed by atoms with van der Waals surface area (Å²) in [7, 11) is 2.04. The van der Waals surface area contributed by atoms with Gasteiger partial charge < -0.3 is 0 Å². The fourth-order valence-electron chi connectivity index (χ4n) is 1.40. The van der Waals surface area contributed by atoms with Gasteiger partial charge in [-0.3, -0.25) is 4.90 Å². The molecular weight excluding hydrogens is 228 g/mol. The fraction of sp³-hybridized carbons (Fsp3) is 0.545. The summed E-state index contributed by atoms with van der Waals surface area (Å²) in [5.74, 6) is 0.130. The third kappa shape index (κ3) is 4.21. The first-order valence-electron chi connectivity index (χ1n) is 4.98. The predicted octanol–water partition coefficient (Wildman–Crippen LogP) is 3.38. The molecule has 1 heterocycles. The Hall–Kier alpha value is -0.560. The van der Waals surface area contributed by atoms with Crippen LogP contribution < -0.4 is 0 Å². The number of hydrogen-bond donors (Lipinski definition) is 0. The second-order valence-electron chi connectivity index (χ2n) is 3.64. The normalized spacial score (nSPS) is 12.7.